The Morgan fingerprint density at radius 2 is 2.04 bits per heavy atom. The zero-order valence-corrected chi connectivity index (χ0v) is 16.1. The highest BCUT2D eigenvalue weighted by Crippen LogP contribution is 2.56. The van der Waals surface area contributed by atoms with E-state index < -0.39 is 11.9 Å². The van der Waals surface area contributed by atoms with E-state index in [9.17, 15) is 14.4 Å². The molecule has 2 fully saturated rings. The van der Waals surface area contributed by atoms with Crippen LogP contribution in [0.2, 0.25) is 0 Å². The van der Waals surface area contributed by atoms with Gasteiger partial charge in [-0.2, -0.15) is 5.21 Å². The Balaban J connectivity index is 1.36. The summed E-state index contributed by atoms with van der Waals surface area (Å²) >= 11 is 1.58. The molecule has 0 spiro atoms. The number of tetrazole rings is 1. The van der Waals surface area contributed by atoms with Crippen LogP contribution in [0.5, 0.6) is 0 Å². The van der Waals surface area contributed by atoms with Crippen molar-refractivity contribution < 1.29 is 14.4 Å². The zero-order chi connectivity index (χ0) is 19.9. The van der Waals surface area contributed by atoms with E-state index in [-0.39, 0.29) is 34.5 Å². The smallest absolute Gasteiger partial charge is 0.251 e. The molecule has 1 aromatic heterocycles. The second-order valence-corrected chi connectivity index (χ2v) is 8.89. The van der Waals surface area contributed by atoms with Gasteiger partial charge in [0.15, 0.2) is 5.82 Å². The molecule has 3 atom stereocenters. The molecule has 3 N–H and O–H groups in total. The summed E-state index contributed by atoms with van der Waals surface area (Å²) in [6.07, 6.45) is 0. The van der Waals surface area contributed by atoms with Gasteiger partial charge in [0.2, 0.25) is 11.8 Å². The average Bonchev–Trinajstić information content (AvgIpc) is 3.29. The minimum Gasteiger partial charge on any atom is -0.343 e. The van der Waals surface area contributed by atoms with E-state index in [0.717, 1.165) is 0 Å². The maximum absolute atomic E-state index is 12.7. The molecule has 2 unspecified atom stereocenters. The van der Waals surface area contributed by atoms with Crippen molar-refractivity contribution >= 4 is 29.5 Å². The van der Waals surface area contributed by atoms with Gasteiger partial charge >= 0.3 is 0 Å². The number of hydrogen-bond donors (Lipinski definition) is 3. The number of benzene rings is 1. The number of nitrogens with one attached hydrogen (secondary N) is 3. The lowest BCUT2D eigenvalue weighted by atomic mass is 9.95. The summed E-state index contributed by atoms with van der Waals surface area (Å²) in [7, 11) is 0. The van der Waals surface area contributed by atoms with Crippen molar-refractivity contribution in [2.24, 2.45) is 0 Å². The summed E-state index contributed by atoms with van der Waals surface area (Å²) in [6.45, 7) is 3.80. The van der Waals surface area contributed by atoms with E-state index in [1.54, 1.807) is 47.0 Å². The maximum Gasteiger partial charge on any atom is 0.251 e. The highest BCUT2D eigenvalue weighted by molar-refractivity contribution is 8.01. The number of β-lactam (4-membered cyclic amide) rings is 1. The number of hydrogen-bond acceptors (Lipinski definition) is 7. The summed E-state index contributed by atoms with van der Waals surface area (Å²) < 4.78 is -0.328. The van der Waals surface area contributed by atoms with Gasteiger partial charge in [-0.1, -0.05) is 23.4 Å². The normalized spacial score (nSPS) is 25.0. The zero-order valence-electron chi connectivity index (χ0n) is 15.2. The standard InChI is InChI=1S/C17H19N7O3S/c1-17(2)12(13-20-22-23-21-13)24-15(27)11(16(24)28-17)19-10(25)8-18-14(26)9-6-4-3-5-7-9/h3-7,11-12,16H,8H2,1-2H3,(H,18,26)(H,19,25)(H,20,21,22,23)/t11?,12?,16-/m0/s1. The van der Waals surface area contributed by atoms with E-state index >= 15 is 0 Å². The third-order valence-corrected chi connectivity index (χ3v) is 6.38. The quantitative estimate of drug-likeness (QED) is 0.593. The Labute approximate surface area is 164 Å². The molecule has 2 aliphatic rings. The van der Waals surface area contributed by atoms with Crippen LogP contribution in [0.25, 0.3) is 0 Å². The molecule has 0 bridgehead atoms. The molecule has 2 saturated heterocycles. The number of aromatic nitrogens is 4. The predicted octanol–water partition coefficient (Wildman–Crippen LogP) is -0.151. The fraction of sp³-hybridized carbons (Fsp3) is 0.412. The molecule has 2 aromatic rings. The van der Waals surface area contributed by atoms with Gasteiger partial charge < -0.3 is 15.5 Å². The summed E-state index contributed by atoms with van der Waals surface area (Å²) in [4.78, 5) is 38.6. The van der Waals surface area contributed by atoms with Crippen LogP contribution in [0, 0.1) is 0 Å². The first-order valence-electron chi connectivity index (χ1n) is 8.74. The van der Waals surface area contributed by atoms with Gasteiger partial charge in [-0.3, -0.25) is 14.4 Å². The van der Waals surface area contributed by atoms with E-state index in [0.29, 0.717) is 11.4 Å². The average molecular weight is 401 g/mol. The lowest BCUT2D eigenvalue weighted by molar-refractivity contribution is -0.151. The molecule has 4 rings (SSSR count). The molecule has 3 heterocycles. The van der Waals surface area contributed by atoms with Gasteiger partial charge in [-0.05, 0) is 26.0 Å². The van der Waals surface area contributed by atoms with Crippen molar-refractivity contribution in [3.05, 3.63) is 41.7 Å². The van der Waals surface area contributed by atoms with E-state index in [4.69, 9.17) is 0 Å². The van der Waals surface area contributed by atoms with E-state index in [2.05, 4.69) is 31.3 Å². The minimum atomic E-state index is -0.637. The third-order valence-electron chi connectivity index (χ3n) is 4.81. The molecule has 1 aromatic carbocycles. The Hall–Kier alpha value is -2.95. The molecule has 146 valence electrons. The first-order valence-corrected chi connectivity index (χ1v) is 9.62. The largest absolute Gasteiger partial charge is 0.343 e. The number of thioether (sulfide) groups is 1. The van der Waals surface area contributed by atoms with Crippen molar-refractivity contribution in [3.63, 3.8) is 0 Å². The number of aromatic amines is 1. The van der Waals surface area contributed by atoms with Crippen LogP contribution in [-0.2, 0) is 9.59 Å². The van der Waals surface area contributed by atoms with Crippen LogP contribution in [0.15, 0.2) is 30.3 Å². The highest BCUT2D eigenvalue weighted by Gasteiger charge is 2.63. The number of carbonyl (C=O) groups is 3. The van der Waals surface area contributed by atoms with Crippen LogP contribution in [0.4, 0.5) is 0 Å². The number of H-pyrrole nitrogens is 1. The van der Waals surface area contributed by atoms with Crippen LogP contribution in [0.1, 0.15) is 36.1 Å². The van der Waals surface area contributed by atoms with Gasteiger partial charge in [-0.15, -0.1) is 22.0 Å². The molecular formula is C17H19N7O3S. The monoisotopic (exact) mass is 401 g/mol. The number of nitrogens with zero attached hydrogens (tertiary/aromatic N) is 4. The van der Waals surface area contributed by atoms with E-state index in [1.807, 2.05) is 13.8 Å². The first kappa shape index (κ1) is 18.4. The number of fused-ring (bicyclic) bond motifs is 1. The van der Waals surface area contributed by atoms with Crippen molar-refractivity contribution in [3.8, 4) is 0 Å². The van der Waals surface area contributed by atoms with Crippen LogP contribution >= 0.6 is 11.8 Å². The van der Waals surface area contributed by atoms with Crippen LogP contribution in [0.3, 0.4) is 0 Å². The molecule has 2 aliphatic heterocycles. The summed E-state index contributed by atoms with van der Waals surface area (Å²) in [5, 5.41) is 19.1. The number of carbonyl (C=O) groups excluding carboxylic acids is 3. The summed E-state index contributed by atoms with van der Waals surface area (Å²) in [5.74, 6) is -0.497. The van der Waals surface area contributed by atoms with Gasteiger partial charge in [0.1, 0.15) is 17.5 Å². The molecule has 3 amide bonds. The molecule has 0 saturated carbocycles. The van der Waals surface area contributed by atoms with Gasteiger partial charge in [0.25, 0.3) is 5.91 Å². The minimum absolute atomic E-state index is 0.194. The lowest BCUT2D eigenvalue weighted by Crippen LogP contribution is -2.68. The van der Waals surface area contributed by atoms with Crippen molar-refractivity contribution in [2.45, 2.75) is 36.1 Å². The Kier molecular flexibility index (Phi) is 4.53. The van der Waals surface area contributed by atoms with E-state index in [1.165, 1.54) is 0 Å². The van der Waals surface area contributed by atoms with Crippen LogP contribution < -0.4 is 10.6 Å². The topological polar surface area (TPSA) is 133 Å². The van der Waals surface area contributed by atoms with Crippen molar-refractivity contribution in [2.75, 3.05) is 6.54 Å². The molecule has 10 nitrogen and oxygen atoms in total. The third kappa shape index (κ3) is 3.11. The fourth-order valence-electron chi connectivity index (χ4n) is 3.53. The second-order valence-electron chi connectivity index (χ2n) is 7.12. The Bertz CT molecular complexity index is 903. The molecular weight excluding hydrogens is 382 g/mol. The van der Waals surface area contributed by atoms with Crippen molar-refractivity contribution in [1.29, 1.82) is 0 Å². The second kappa shape index (κ2) is 6.89. The maximum atomic E-state index is 12.7. The fourth-order valence-corrected chi connectivity index (χ4v) is 5.16. The Morgan fingerprint density at radius 1 is 1.29 bits per heavy atom. The van der Waals surface area contributed by atoms with Gasteiger partial charge in [0, 0.05) is 10.3 Å². The molecule has 0 aliphatic carbocycles. The number of rotatable bonds is 5. The molecule has 11 heteroatoms. The SMILES string of the molecule is CC1(C)S[C@H]2C(NC(=O)CNC(=O)c3ccccc3)C(=O)N2C1c1nn[nH]n1. The predicted molar refractivity (Wildman–Crippen MR) is 99.9 cm³/mol. The summed E-state index contributed by atoms with van der Waals surface area (Å²) in [5.41, 5.74) is 0.470. The molecule has 0 radical (unpaired) electrons. The number of amides is 3. The van der Waals surface area contributed by atoms with Gasteiger partial charge in [0.05, 0.1) is 6.54 Å². The first-order chi connectivity index (χ1) is 13.4. The Morgan fingerprint density at radius 3 is 2.71 bits per heavy atom. The molecule has 28 heavy (non-hydrogen) atoms. The van der Waals surface area contributed by atoms with Gasteiger partial charge in [-0.25, -0.2) is 0 Å². The summed E-state index contributed by atoms with van der Waals surface area (Å²) in [6, 6.07) is 7.67. The van der Waals surface area contributed by atoms with Crippen molar-refractivity contribution in [1.82, 2.24) is 36.2 Å². The van der Waals surface area contributed by atoms with Crippen LogP contribution in [-0.4, -0.2) is 66.0 Å². The lowest BCUT2D eigenvalue weighted by Gasteiger charge is -2.44. The highest BCUT2D eigenvalue weighted by atomic mass is 32.2.